The van der Waals surface area contributed by atoms with Crippen LogP contribution >= 0.6 is 0 Å². The molecule has 130 valence electrons. The molecule has 1 amide bonds. The molecule has 1 aliphatic carbocycles. The van der Waals surface area contributed by atoms with E-state index in [0.29, 0.717) is 12.1 Å². The molecule has 0 radical (unpaired) electrons. The molecule has 5 nitrogen and oxygen atoms in total. The first-order valence-electron chi connectivity index (χ1n) is 8.99. The van der Waals surface area contributed by atoms with Gasteiger partial charge in [-0.25, -0.2) is 4.52 Å². The molecule has 5 heteroatoms. The summed E-state index contributed by atoms with van der Waals surface area (Å²) in [5.41, 5.74) is 2.74. The Kier molecular flexibility index (Phi) is 4.90. The molecule has 0 unspecified atom stereocenters. The number of aromatic nitrogens is 2. The minimum atomic E-state index is -0.0247. The lowest BCUT2D eigenvalue weighted by molar-refractivity contribution is 0.0700. The van der Waals surface area contributed by atoms with Gasteiger partial charge in [-0.2, -0.15) is 5.10 Å². The summed E-state index contributed by atoms with van der Waals surface area (Å²) in [7, 11) is 2.18. The largest absolute Gasteiger partial charge is 0.350 e. The van der Waals surface area contributed by atoms with Crippen LogP contribution in [0.4, 0.5) is 0 Å². The molecule has 2 aromatic heterocycles. The van der Waals surface area contributed by atoms with Crippen LogP contribution in [0.3, 0.4) is 0 Å². The summed E-state index contributed by atoms with van der Waals surface area (Å²) in [6.45, 7) is 5.92. The van der Waals surface area contributed by atoms with Gasteiger partial charge in [0, 0.05) is 18.3 Å². The first kappa shape index (κ1) is 17.0. The Labute approximate surface area is 144 Å². The Balaban J connectivity index is 1.75. The highest BCUT2D eigenvalue weighted by molar-refractivity contribution is 6.00. The zero-order valence-electron chi connectivity index (χ0n) is 15.0. The van der Waals surface area contributed by atoms with E-state index in [4.69, 9.17) is 0 Å². The van der Waals surface area contributed by atoms with Crippen LogP contribution in [0.25, 0.3) is 5.52 Å². The van der Waals surface area contributed by atoms with Gasteiger partial charge in [0.2, 0.25) is 0 Å². The molecule has 0 bridgehead atoms. The van der Waals surface area contributed by atoms with Crippen LogP contribution in [0.5, 0.6) is 0 Å². The van der Waals surface area contributed by atoms with Crippen LogP contribution in [-0.2, 0) is 0 Å². The number of pyridine rings is 1. The van der Waals surface area contributed by atoms with Crippen molar-refractivity contribution in [2.75, 3.05) is 20.1 Å². The molecule has 1 fully saturated rings. The average Bonchev–Trinajstić information content (AvgIpc) is 3.02. The maximum atomic E-state index is 12.7. The molecule has 1 saturated carbocycles. The predicted octanol–water partition coefficient (Wildman–Crippen LogP) is 3.03. The fourth-order valence-electron chi connectivity index (χ4n) is 3.84. The molecule has 2 aromatic rings. The summed E-state index contributed by atoms with van der Waals surface area (Å²) in [6.07, 6.45) is 9.73. The number of likely N-dealkylation sites (N-methyl/N-ethyl adjacent to an activating group) is 1. The number of nitrogens with one attached hydrogen (secondary N) is 1. The lowest BCUT2D eigenvalue weighted by atomic mass is 9.80. The van der Waals surface area contributed by atoms with Crippen molar-refractivity contribution in [3.8, 4) is 0 Å². The summed E-state index contributed by atoms with van der Waals surface area (Å²) in [5, 5.41) is 7.49. The highest BCUT2D eigenvalue weighted by Gasteiger charge is 2.35. The van der Waals surface area contributed by atoms with Crippen molar-refractivity contribution in [1.29, 1.82) is 0 Å². The normalized spacial score (nSPS) is 17.3. The second-order valence-corrected chi connectivity index (χ2v) is 7.08. The monoisotopic (exact) mass is 328 g/mol. The molecule has 0 aliphatic heterocycles. The molecule has 0 spiro atoms. The number of carbonyl (C=O) groups excluding carboxylic acids is 1. The molecule has 1 aliphatic rings. The van der Waals surface area contributed by atoms with Crippen LogP contribution < -0.4 is 5.32 Å². The molecule has 24 heavy (non-hydrogen) atoms. The van der Waals surface area contributed by atoms with Crippen LogP contribution in [0.2, 0.25) is 0 Å². The van der Waals surface area contributed by atoms with Gasteiger partial charge in [0.25, 0.3) is 5.91 Å². The van der Waals surface area contributed by atoms with Crippen molar-refractivity contribution in [1.82, 2.24) is 19.8 Å². The molecule has 3 rings (SSSR count). The van der Waals surface area contributed by atoms with E-state index in [9.17, 15) is 4.79 Å². The first-order valence-corrected chi connectivity index (χ1v) is 8.99. The number of hydrogen-bond donors (Lipinski definition) is 1. The fraction of sp³-hybridized carbons (Fsp3) is 0.579. The van der Waals surface area contributed by atoms with Gasteiger partial charge in [-0.1, -0.05) is 32.3 Å². The van der Waals surface area contributed by atoms with Gasteiger partial charge in [-0.15, -0.1) is 0 Å². The molecule has 2 heterocycles. The van der Waals surface area contributed by atoms with E-state index in [-0.39, 0.29) is 11.4 Å². The number of rotatable bonds is 5. The van der Waals surface area contributed by atoms with E-state index >= 15 is 0 Å². The van der Waals surface area contributed by atoms with Crippen molar-refractivity contribution in [2.24, 2.45) is 0 Å². The smallest absolute Gasteiger partial charge is 0.255 e. The Morgan fingerprint density at radius 3 is 2.79 bits per heavy atom. The van der Waals surface area contributed by atoms with Crippen molar-refractivity contribution >= 4 is 11.4 Å². The second kappa shape index (κ2) is 6.93. The predicted molar refractivity (Wildman–Crippen MR) is 96.4 cm³/mol. The third-order valence-electron chi connectivity index (χ3n) is 5.56. The summed E-state index contributed by atoms with van der Waals surface area (Å²) in [4.78, 5) is 15.1. The van der Waals surface area contributed by atoms with Crippen LogP contribution in [-0.4, -0.2) is 46.1 Å². The van der Waals surface area contributed by atoms with E-state index in [0.717, 1.165) is 30.5 Å². The fourth-order valence-corrected chi connectivity index (χ4v) is 3.84. The molecule has 0 aromatic carbocycles. The van der Waals surface area contributed by atoms with Crippen LogP contribution in [0, 0.1) is 6.92 Å². The van der Waals surface area contributed by atoms with Crippen LogP contribution in [0.15, 0.2) is 24.5 Å². The van der Waals surface area contributed by atoms with E-state index in [1.54, 1.807) is 10.7 Å². The van der Waals surface area contributed by atoms with Gasteiger partial charge in [-0.05, 0) is 45.0 Å². The van der Waals surface area contributed by atoms with E-state index in [1.165, 1.54) is 19.3 Å². The van der Waals surface area contributed by atoms with E-state index < -0.39 is 0 Å². The number of hydrogen-bond acceptors (Lipinski definition) is 3. The number of amides is 1. The summed E-state index contributed by atoms with van der Waals surface area (Å²) in [5.74, 6) is -0.0247. The standard InChI is InChI=1S/C19H28N4O/c1-4-22(3)19(10-6-5-7-11-19)14-20-18(24)16-12-21-23-13-15(2)8-9-17(16)23/h8-9,12-13H,4-7,10-11,14H2,1-3H3,(H,20,24). The Hall–Kier alpha value is -1.88. The van der Waals surface area contributed by atoms with Gasteiger partial charge in [0.15, 0.2) is 0 Å². The minimum absolute atomic E-state index is 0.0247. The third kappa shape index (κ3) is 3.18. The number of nitrogens with zero attached hydrogens (tertiary/aromatic N) is 3. The minimum Gasteiger partial charge on any atom is -0.350 e. The van der Waals surface area contributed by atoms with E-state index in [1.807, 2.05) is 25.3 Å². The number of carbonyl (C=O) groups is 1. The quantitative estimate of drug-likeness (QED) is 0.918. The van der Waals surface area contributed by atoms with Gasteiger partial charge < -0.3 is 5.32 Å². The molecule has 0 saturated heterocycles. The average molecular weight is 328 g/mol. The zero-order chi connectivity index (χ0) is 17.2. The van der Waals surface area contributed by atoms with Gasteiger partial charge in [-0.3, -0.25) is 9.69 Å². The van der Waals surface area contributed by atoms with Gasteiger partial charge in [0.1, 0.15) is 0 Å². The maximum Gasteiger partial charge on any atom is 0.255 e. The summed E-state index contributed by atoms with van der Waals surface area (Å²) in [6, 6.07) is 3.98. The molecule has 0 atom stereocenters. The highest BCUT2D eigenvalue weighted by atomic mass is 16.1. The number of aryl methyl sites for hydroxylation is 1. The van der Waals surface area contributed by atoms with E-state index in [2.05, 4.69) is 29.3 Å². The third-order valence-corrected chi connectivity index (χ3v) is 5.56. The van der Waals surface area contributed by atoms with Crippen molar-refractivity contribution in [3.63, 3.8) is 0 Å². The lowest BCUT2D eigenvalue weighted by Crippen LogP contribution is -2.55. The molecule has 1 N–H and O–H groups in total. The van der Waals surface area contributed by atoms with Gasteiger partial charge in [0.05, 0.1) is 17.3 Å². The number of fused-ring (bicyclic) bond motifs is 1. The zero-order valence-corrected chi connectivity index (χ0v) is 15.0. The Bertz CT molecular complexity index is 715. The highest BCUT2D eigenvalue weighted by Crippen LogP contribution is 2.32. The lowest BCUT2D eigenvalue weighted by Gasteiger charge is -2.44. The summed E-state index contributed by atoms with van der Waals surface area (Å²) < 4.78 is 1.78. The van der Waals surface area contributed by atoms with Crippen molar-refractivity contribution < 1.29 is 4.79 Å². The Morgan fingerprint density at radius 1 is 1.33 bits per heavy atom. The van der Waals surface area contributed by atoms with Crippen molar-refractivity contribution in [2.45, 2.75) is 51.5 Å². The molecular formula is C19H28N4O. The van der Waals surface area contributed by atoms with Gasteiger partial charge >= 0.3 is 0 Å². The van der Waals surface area contributed by atoms with Crippen LogP contribution in [0.1, 0.15) is 54.9 Å². The van der Waals surface area contributed by atoms with Crippen molar-refractivity contribution in [3.05, 3.63) is 35.7 Å². The topological polar surface area (TPSA) is 49.6 Å². The Morgan fingerprint density at radius 2 is 2.08 bits per heavy atom. The SMILES string of the molecule is CCN(C)C1(CNC(=O)c2cnn3cc(C)ccc23)CCCCC1. The maximum absolute atomic E-state index is 12.7. The second-order valence-electron chi connectivity index (χ2n) is 7.08. The summed E-state index contributed by atoms with van der Waals surface area (Å²) >= 11 is 0. The first-order chi connectivity index (χ1) is 11.6. The molecular weight excluding hydrogens is 300 g/mol.